The van der Waals surface area contributed by atoms with E-state index in [1.807, 2.05) is 0 Å². The van der Waals surface area contributed by atoms with Crippen molar-refractivity contribution in [2.45, 2.75) is 23.2 Å². The highest BCUT2D eigenvalue weighted by Gasteiger charge is 2.34. The molecule has 0 aliphatic rings. The maximum atomic E-state index is 13.0. The van der Waals surface area contributed by atoms with Crippen LogP contribution in [0.4, 0.5) is 13.2 Å². The average molecular weight is 317 g/mol. The third-order valence-corrected chi connectivity index (χ3v) is 3.33. The normalized spacial score (nSPS) is 12.7. The molecule has 0 aliphatic heterocycles. The zero-order valence-electron chi connectivity index (χ0n) is 10.7. The van der Waals surface area contributed by atoms with Gasteiger partial charge in [-0.25, -0.2) is 4.98 Å². The molecule has 0 aliphatic carbocycles. The van der Waals surface area contributed by atoms with Crippen molar-refractivity contribution in [3.8, 4) is 0 Å². The SMILES string of the molecule is Cc1coc(Sc2ccc(/C(N)=N/O)c(C(F)(F)F)c2)n1. The standard InChI is InChI=1S/C12H10F3N3O2S/c1-6-5-20-11(17-6)21-7-2-3-8(10(16)18-19)9(4-7)12(13,14)15/h2-5,19H,1H3,(H2,16,18). The number of oxazole rings is 1. The first-order valence-corrected chi connectivity index (χ1v) is 6.42. The topological polar surface area (TPSA) is 84.6 Å². The van der Waals surface area contributed by atoms with Crippen LogP contribution in [0.1, 0.15) is 16.8 Å². The Hall–Kier alpha value is -2.16. The number of aromatic nitrogens is 1. The lowest BCUT2D eigenvalue weighted by molar-refractivity contribution is -0.137. The Balaban J connectivity index is 2.42. The van der Waals surface area contributed by atoms with Crippen molar-refractivity contribution >= 4 is 17.6 Å². The number of rotatable bonds is 3. The summed E-state index contributed by atoms with van der Waals surface area (Å²) in [6.45, 7) is 1.70. The van der Waals surface area contributed by atoms with Gasteiger partial charge in [0.15, 0.2) is 5.84 Å². The number of benzene rings is 1. The lowest BCUT2D eigenvalue weighted by Gasteiger charge is -2.13. The Bertz CT molecular complexity index is 683. The van der Waals surface area contributed by atoms with Gasteiger partial charge in [0.2, 0.25) is 0 Å². The van der Waals surface area contributed by atoms with Crippen molar-refractivity contribution in [3.63, 3.8) is 0 Å². The molecule has 0 amide bonds. The molecule has 0 radical (unpaired) electrons. The number of nitrogens with zero attached hydrogens (tertiary/aromatic N) is 2. The average Bonchev–Trinajstić information content (AvgIpc) is 2.82. The molecule has 0 atom stereocenters. The molecule has 2 rings (SSSR count). The van der Waals surface area contributed by atoms with Gasteiger partial charge in [-0.2, -0.15) is 13.2 Å². The number of hydrogen-bond donors (Lipinski definition) is 2. The zero-order chi connectivity index (χ0) is 15.6. The van der Waals surface area contributed by atoms with Crippen LogP contribution < -0.4 is 5.73 Å². The van der Waals surface area contributed by atoms with Gasteiger partial charge >= 0.3 is 6.18 Å². The summed E-state index contributed by atoms with van der Waals surface area (Å²) in [4.78, 5) is 4.27. The van der Waals surface area contributed by atoms with Gasteiger partial charge in [0, 0.05) is 10.5 Å². The van der Waals surface area contributed by atoms with E-state index >= 15 is 0 Å². The number of amidine groups is 1. The van der Waals surface area contributed by atoms with Crippen molar-refractivity contribution < 1.29 is 22.8 Å². The van der Waals surface area contributed by atoms with Crippen molar-refractivity contribution in [2.24, 2.45) is 10.9 Å². The van der Waals surface area contributed by atoms with Gasteiger partial charge < -0.3 is 15.4 Å². The monoisotopic (exact) mass is 317 g/mol. The van der Waals surface area contributed by atoms with Crippen molar-refractivity contribution in [2.75, 3.05) is 0 Å². The first-order chi connectivity index (χ1) is 9.81. The molecule has 112 valence electrons. The predicted octanol–water partition coefficient (Wildman–Crippen LogP) is 3.25. The summed E-state index contributed by atoms with van der Waals surface area (Å²) in [5.74, 6) is -0.606. The van der Waals surface area contributed by atoms with Crippen LogP contribution in [0.3, 0.4) is 0 Å². The molecule has 0 saturated heterocycles. The molecule has 1 heterocycles. The van der Waals surface area contributed by atoms with E-state index in [0.29, 0.717) is 5.69 Å². The van der Waals surface area contributed by atoms with Crippen LogP contribution in [-0.4, -0.2) is 16.0 Å². The first kappa shape index (κ1) is 15.2. The summed E-state index contributed by atoms with van der Waals surface area (Å²) in [6.07, 6.45) is -3.23. The highest BCUT2D eigenvalue weighted by molar-refractivity contribution is 7.99. The summed E-state index contributed by atoms with van der Waals surface area (Å²) >= 11 is 0.946. The summed E-state index contributed by atoms with van der Waals surface area (Å²) in [7, 11) is 0. The molecule has 5 nitrogen and oxygen atoms in total. The smallest absolute Gasteiger partial charge is 0.417 e. The van der Waals surface area contributed by atoms with Gasteiger partial charge in [0.1, 0.15) is 6.26 Å². The van der Waals surface area contributed by atoms with E-state index in [-0.39, 0.29) is 10.1 Å². The molecular weight excluding hydrogens is 307 g/mol. The van der Waals surface area contributed by atoms with Gasteiger partial charge in [-0.3, -0.25) is 0 Å². The van der Waals surface area contributed by atoms with E-state index in [9.17, 15) is 13.2 Å². The van der Waals surface area contributed by atoms with Crippen LogP contribution in [0, 0.1) is 6.92 Å². The second-order valence-electron chi connectivity index (χ2n) is 4.05. The number of aryl methyl sites for hydroxylation is 1. The van der Waals surface area contributed by atoms with Gasteiger partial charge in [-0.15, -0.1) is 0 Å². The fourth-order valence-electron chi connectivity index (χ4n) is 1.58. The first-order valence-electron chi connectivity index (χ1n) is 5.60. The Morgan fingerprint density at radius 2 is 2.14 bits per heavy atom. The van der Waals surface area contributed by atoms with Gasteiger partial charge in [-0.1, -0.05) is 5.16 Å². The molecule has 0 saturated carbocycles. The Morgan fingerprint density at radius 3 is 2.67 bits per heavy atom. The minimum absolute atomic E-state index is 0.233. The number of nitrogens with two attached hydrogens (primary N) is 1. The van der Waals surface area contributed by atoms with E-state index in [4.69, 9.17) is 15.4 Å². The number of alkyl halides is 3. The lowest BCUT2D eigenvalue weighted by atomic mass is 10.1. The molecule has 1 aromatic carbocycles. The lowest BCUT2D eigenvalue weighted by Crippen LogP contribution is -2.20. The molecule has 0 fully saturated rings. The van der Waals surface area contributed by atoms with Crippen molar-refractivity contribution in [1.29, 1.82) is 0 Å². The molecule has 0 unspecified atom stereocenters. The maximum Gasteiger partial charge on any atom is 0.417 e. The molecule has 21 heavy (non-hydrogen) atoms. The molecule has 9 heteroatoms. The van der Waals surface area contributed by atoms with E-state index < -0.39 is 23.1 Å². The van der Waals surface area contributed by atoms with Crippen LogP contribution in [0.5, 0.6) is 0 Å². The third kappa shape index (κ3) is 3.48. The fourth-order valence-corrected chi connectivity index (χ4v) is 2.38. The molecule has 1 aromatic heterocycles. The molecule has 3 N–H and O–H groups in total. The summed E-state index contributed by atoms with van der Waals surface area (Å²) < 4.78 is 44.2. The predicted molar refractivity (Wildman–Crippen MR) is 69.3 cm³/mol. The van der Waals surface area contributed by atoms with Crippen LogP contribution in [0.2, 0.25) is 0 Å². The Kier molecular flexibility index (Phi) is 4.12. The third-order valence-electron chi connectivity index (χ3n) is 2.48. The van der Waals surface area contributed by atoms with Crippen LogP contribution in [-0.2, 0) is 6.18 Å². The summed E-state index contributed by atoms with van der Waals surface area (Å²) in [6, 6.07) is 3.44. The fraction of sp³-hybridized carbons (Fsp3) is 0.167. The molecule has 0 spiro atoms. The van der Waals surface area contributed by atoms with E-state index in [2.05, 4.69) is 10.1 Å². The van der Waals surface area contributed by atoms with Gasteiger partial charge in [0.05, 0.1) is 11.3 Å². The van der Waals surface area contributed by atoms with E-state index in [1.54, 1.807) is 6.92 Å². The van der Waals surface area contributed by atoms with Crippen LogP contribution in [0.15, 0.2) is 44.2 Å². The zero-order valence-corrected chi connectivity index (χ0v) is 11.5. The summed E-state index contributed by atoms with van der Waals surface area (Å²) in [5.41, 5.74) is 4.50. The maximum absolute atomic E-state index is 13.0. The van der Waals surface area contributed by atoms with Gasteiger partial charge in [0.25, 0.3) is 5.22 Å². The van der Waals surface area contributed by atoms with E-state index in [0.717, 1.165) is 23.9 Å². The minimum atomic E-state index is -4.63. The van der Waals surface area contributed by atoms with Crippen molar-refractivity contribution in [1.82, 2.24) is 4.98 Å². The number of oxime groups is 1. The second-order valence-corrected chi connectivity index (χ2v) is 5.07. The highest BCUT2D eigenvalue weighted by atomic mass is 32.2. The highest BCUT2D eigenvalue weighted by Crippen LogP contribution is 2.36. The van der Waals surface area contributed by atoms with E-state index in [1.165, 1.54) is 12.3 Å². The minimum Gasteiger partial charge on any atom is -0.439 e. The molecular formula is C12H10F3N3O2S. The molecule has 2 aromatic rings. The quantitative estimate of drug-likeness (QED) is 0.393. The van der Waals surface area contributed by atoms with Crippen LogP contribution in [0.25, 0.3) is 0 Å². The molecule has 0 bridgehead atoms. The number of halogens is 3. The Morgan fingerprint density at radius 1 is 1.43 bits per heavy atom. The van der Waals surface area contributed by atoms with Crippen molar-refractivity contribution in [3.05, 3.63) is 41.3 Å². The van der Waals surface area contributed by atoms with Crippen LogP contribution >= 0.6 is 11.8 Å². The largest absolute Gasteiger partial charge is 0.439 e. The Labute approximate surface area is 121 Å². The number of hydrogen-bond acceptors (Lipinski definition) is 5. The summed E-state index contributed by atoms with van der Waals surface area (Å²) in [5, 5.41) is 11.4. The van der Waals surface area contributed by atoms with Gasteiger partial charge in [-0.05, 0) is 36.9 Å². The second kappa shape index (κ2) is 5.68.